The molecule has 4 rings (SSSR count). The molecule has 1 N–H and O–H groups in total. The number of hydrogen-bond donors (Lipinski definition) is 1. The fraction of sp³-hybridized carbons (Fsp3) is 0.522. The number of methoxy groups -OCH3 is 1. The molecule has 1 fully saturated rings. The smallest absolute Gasteiger partial charge is 0.237 e. The maximum absolute atomic E-state index is 13.5. The van der Waals surface area contributed by atoms with Crippen LogP contribution in [0.4, 0.5) is 4.39 Å². The molecule has 2 heterocycles. The highest BCUT2D eigenvalue weighted by molar-refractivity contribution is 7.10. The van der Waals surface area contributed by atoms with Crippen LogP contribution >= 0.6 is 11.3 Å². The number of ether oxygens (including phenoxy) is 2. The van der Waals surface area contributed by atoms with Gasteiger partial charge in [-0.25, -0.2) is 4.39 Å². The summed E-state index contributed by atoms with van der Waals surface area (Å²) in [6, 6.07) is 8.26. The number of aliphatic hydroxyl groups excluding tert-OH is 1. The number of amides is 1. The maximum Gasteiger partial charge on any atom is 0.237 e. The van der Waals surface area contributed by atoms with E-state index in [1.165, 1.54) is 17.0 Å². The van der Waals surface area contributed by atoms with E-state index in [1.54, 1.807) is 30.6 Å². The fourth-order valence-electron chi connectivity index (χ4n) is 4.17. The average Bonchev–Trinajstić information content (AvgIpc) is 3.48. The number of nitrogens with zero attached hydrogens (tertiary/aromatic N) is 2. The van der Waals surface area contributed by atoms with Crippen LogP contribution in [-0.4, -0.2) is 72.9 Å². The van der Waals surface area contributed by atoms with Crippen molar-refractivity contribution in [3.63, 3.8) is 0 Å². The molecule has 2 atom stereocenters. The molecule has 0 saturated heterocycles. The van der Waals surface area contributed by atoms with Gasteiger partial charge in [-0.3, -0.25) is 9.69 Å². The van der Waals surface area contributed by atoms with Gasteiger partial charge < -0.3 is 19.5 Å². The zero-order chi connectivity index (χ0) is 21.8. The standard InChI is InChI=1S/C23H29FN2O4S/c1-29-14-18(27)12-25(17-5-6-17)13-23(28)26-9-7-22-20(8-10-31-22)21(26)15-30-19-4-2-3-16(24)11-19/h2-4,8,10-11,17-18,21,27H,5-7,9,12-15H2,1H3. The molecule has 2 aromatic rings. The van der Waals surface area contributed by atoms with Crippen LogP contribution in [0.2, 0.25) is 0 Å². The summed E-state index contributed by atoms with van der Waals surface area (Å²) >= 11 is 1.70. The second kappa shape index (κ2) is 10.1. The minimum atomic E-state index is -0.615. The summed E-state index contributed by atoms with van der Waals surface area (Å²) in [5, 5.41) is 12.2. The van der Waals surface area contributed by atoms with E-state index in [9.17, 15) is 14.3 Å². The van der Waals surface area contributed by atoms with Crippen LogP contribution in [0, 0.1) is 5.82 Å². The van der Waals surface area contributed by atoms with Gasteiger partial charge in [0, 0.05) is 37.2 Å². The molecule has 0 spiro atoms. The van der Waals surface area contributed by atoms with E-state index in [0.29, 0.717) is 24.9 Å². The first kappa shape index (κ1) is 22.2. The van der Waals surface area contributed by atoms with Crippen LogP contribution < -0.4 is 4.74 Å². The Kier molecular flexibility index (Phi) is 7.22. The van der Waals surface area contributed by atoms with Crippen molar-refractivity contribution in [2.75, 3.05) is 40.0 Å². The number of carbonyl (C=O) groups excluding carboxylic acids is 1. The van der Waals surface area contributed by atoms with E-state index in [0.717, 1.165) is 24.8 Å². The van der Waals surface area contributed by atoms with Gasteiger partial charge in [0.05, 0.1) is 25.3 Å². The molecule has 8 heteroatoms. The normalized spacial score (nSPS) is 19.4. The lowest BCUT2D eigenvalue weighted by Crippen LogP contribution is -2.48. The minimum Gasteiger partial charge on any atom is -0.491 e. The average molecular weight is 449 g/mol. The number of hydrogen-bond acceptors (Lipinski definition) is 6. The van der Waals surface area contributed by atoms with Crippen molar-refractivity contribution in [3.8, 4) is 5.75 Å². The van der Waals surface area contributed by atoms with Crippen molar-refractivity contribution >= 4 is 17.2 Å². The monoisotopic (exact) mass is 448 g/mol. The van der Waals surface area contributed by atoms with Gasteiger partial charge >= 0.3 is 0 Å². The minimum absolute atomic E-state index is 0.0289. The molecule has 168 valence electrons. The molecular formula is C23H29FN2O4S. The lowest BCUT2D eigenvalue weighted by molar-refractivity contribution is -0.136. The van der Waals surface area contributed by atoms with Crippen molar-refractivity contribution in [1.29, 1.82) is 0 Å². The molecule has 0 bridgehead atoms. The molecular weight excluding hydrogens is 419 g/mol. The van der Waals surface area contributed by atoms with Crippen molar-refractivity contribution < 1.29 is 23.8 Å². The second-order valence-corrected chi connectivity index (χ2v) is 9.19. The third-order valence-electron chi connectivity index (χ3n) is 5.83. The fourth-order valence-corrected chi connectivity index (χ4v) is 5.10. The van der Waals surface area contributed by atoms with Crippen LogP contribution in [0.1, 0.15) is 29.3 Å². The zero-order valence-corrected chi connectivity index (χ0v) is 18.5. The van der Waals surface area contributed by atoms with E-state index in [4.69, 9.17) is 9.47 Å². The maximum atomic E-state index is 13.5. The Morgan fingerprint density at radius 3 is 2.97 bits per heavy atom. The van der Waals surface area contributed by atoms with Crippen molar-refractivity contribution in [3.05, 3.63) is 52.0 Å². The molecule has 0 radical (unpaired) electrons. The number of carbonyl (C=O) groups is 1. The molecule has 31 heavy (non-hydrogen) atoms. The van der Waals surface area contributed by atoms with E-state index < -0.39 is 6.10 Å². The van der Waals surface area contributed by atoms with Crippen molar-refractivity contribution in [2.45, 2.75) is 37.5 Å². The van der Waals surface area contributed by atoms with Gasteiger partial charge in [0.1, 0.15) is 18.2 Å². The summed E-state index contributed by atoms with van der Waals surface area (Å²) in [5.41, 5.74) is 1.11. The van der Waals surface area contributed by atoms with Gasteiger partial charge in [0.25, 0.3) is 0 Å². The van der Waals surface area contributed by atoms with E-state index in [1.807, 2.05) is 10.3 Å². The van der Waals surface area contributed by atoms with Crippen LogP contribution in [-0.2, 0) is 16.0 Å². The lowest BCUT2D eigenvalue weighted by Gasteiger charge is -2.37. The van der Waals surface area contributed by atoms with E-state index >= 15 is 0 Å². The summed E-state index contributed by atoms with van der Waals surface area (Å²) in [7, 11) is 1.56. The third-order valence-corrected chi connectivity index (χ3v) is 6.82. The highest BCUT2D eigenvalue weighted by Gasteiger charge is 2.36. The second-order valence-electron chi connectivity index (χ2n) is 8.19. The van der Waals surface area contributed by atoms with Gasteiger partial charge in [-0.15, -0.1) is 11.3 Å². The molecule has 1 aliphatic heterocycles. The number of thiophene rings is 1. The molecule has 1 amide bonds. The van der Waals surface area contributed by atoms with Gasteiger partial charge in [-0.05, 0) is 48.4 Å². The van der Waals surface area contributed by atoms with Crippen LogP contribution in [0.5, 0.6) is 5.75 Å². The van der Waals surface area contributed by atoms with Gasteiger partial charge in [0.15, 0.2) is 0 Å². The number of halogens is 1. The molecule has 1 aliphatic carbocycles. The lowest BCUT2D eigenvalue weighted by atomic mass is 10.0. The molecule has 6 nitrogen and oxygen atoms in total. The molecule has 2 aliphatic rings. The Bertz CT molecular complexity index is 888. The summed E-state index contributed by atoms with van der Waals surface area (Å²) in [4.78, 5) is 18.6. The zero-order valence-electron chi connectivity index (χ0n) is 17.7. The van der Waals surface area contributed by atoms with Crippen molar-refractivity contribution in [2.24, 2.45) is 0 Å². The summed E-state index contributed by atoms with van der Waals surface area (Å²) in [5.74, 6) is 0.137. The molecule has 1 aromatic carbocycles. The van der Waals surface area contributed by atoms with Crippen molar-refractivity contribution in [1.82, 2.24) is 9.80 Å². The van der Waals surface area contributed by atoms with Gasteiger partial charge in [0.2, 0.25) is 5.91 Å². The Hall–Kier alpha value is -2.00. The highest BCUT2D eigenvalue weighted by Crippen LogP contribution is 2.34. The highest BCUT2D eigenvalue weighted by atomic mass is 32.1. The Morgan fingerprint density at radius 2 is 2.23 bits per heavy atom. The largest absolute Gasteiger partial charge is 0.491 e. The first-order valence-corrected chi connectivity index (χ1v) is 11.6. The SMILES string of the molecule is COCC(O)CN(CC(=O)N1CCc2sccc2C1COc1cccc(F)c1)C1CC1. The topological polar surface area (TPSA) is 62.2 Å². The first-order chi connectivity index (χ1) is 15.0. The number of aliphatic hydroxyl groups is 1. The number of benzene rings is 1. The van der Waals surface area contributed by atoms with E-state index in [2.05, 4.69) is 11.0 Å². The van der Waals surface area contributed by atoms with Crippen LogP contribution in [0.15, 0.2) is 35.7 Å². The van der Waals surface area contributed by atoms with Gasteiger partial charge in [-0.2, -0.15) is 0 Å². The first-order valence-electron chi connectivity index (χ1n) is 10.7. The molecule has 1 aromatic heterocycles. The number of fused-ring (bicyclic) bond motifs is 1. The van der Waals surface area contributed by atoms with Crippen LogP contribution in [0.25, 0.3) is 0 Å². The third kappa shape index (κ3) is 5.63. The Morgan fingerprint density at radius 1 is 1.39 bits per heavy atom. The summed E-state index contributed by atoms with van der Waals surface area (Å²) in [6.07, 6.45) is 2.31. The summed E-state index contributed by atoms with van der Waals surface area (Å²) < 4.78 is 24.5. The predicted molar refractivity (Wildman–Crippen MR) is 117 cm³/mol. The van der Waals surface area contributed by atoms with Crippen LogP contribution in [0.3, 0.4) is 0 Å². The quantitative estimate of drug-likeness (QED) is 0.606. The van der Waals surface area contributed by atoms with Gasteiger partial charge in [-0.1, -0.05) is 6.07 Å². The number of rotatable bonds is 10. The Balaban J connectivity index is 1.46. The summed E-state index contributed by atoms with van der Waals surface area (Å²) in [6.45, 7) is 1.84. The Labute approximate surface area is 186 Å². The van der Waals surface area contributed by atoms with E-state index in [-0.39, 0.29) is 37.5 Å². The molecule has 1 saturated carbocycles. The molecule has 2 unspecified atom stereocenters. The predicted octanol–water partition coefficient (Wildman–Crippen LogP) is 2.86.